The fraction of sp³-hybridized carbons (Fsp3) is 0.444. The van der Waals surface area contributed by atoms with Crippen molar-refractivity contribution in [3.63, 3.8) is 0 Å². The monoisotopic (exact) mass is 243 g/mol. The lowest BCUT2D eigenvalue weighted by Crippen LogP contribution is -2.37. The van der Waals surface area contributed by atoms with E-state index in [0.29, 0.717) is 6.54 Å². The van der Waals surface area contributed by atoms with Gasteiger partial charge in [-0.15, -0.1) is 11.3 Å². The van der Waals surface area contributed by atoms with Gasteiger partial charge in [0.1, 0.15) is 0 Å². The fourth-order valence-electron chi connectivity index (χ4n) is 1.09. The topological polar surface area (TPSA) is 59.2 Å². The Morgan fingerprint density at radius 1 is 1.80 bits per heavy atom. The minimum atomic E-state index is -0.413. The summed E-state index contributed by atoms with van der Waals surface area (Å²) in [5.41, 5.74) is 8.04. The first kappa shape index (κ1) is 12.1. The Hall–Kier alpha value is -1.01. The Kier molecular flexibility index (Phi) is 4.16. The number of hydrogen-bond acceptors (Lipinski definition) is 4. The predicted octanol–water partition coefficient (Wildman–Crippen LogP) is 1.02. The van der Waals surface area contributed by atoms with Gasteiger partial charge < -0.3 is 10.6 Å². The number of aromatic nitrogens is 1. The zero-order valence-corrected chi connectivity index (χ0v) is 10.3. The molecule has 0 aliphatic heterocycles. The van der Waals surface area contributed by atoms with Gasteiger partial charge in [-0.2, -0.15) is 0 Å². The van der Waals surface area contributed by atoms with Crippen LogP contribution in [-0.4, -0.2) is 27.8 Å². The lowest BCUT2D eigenvalue weighted by molar-refractivity contribution is -0.132. The molecule has 0 saturated carbocycles. The van der Waals surface area contributed by atoms with E-state index in [4.69, 9.17) is 18.0 Å². The van der Waals surface area contributed by atoms with E-state index in [2.05, 4.69) is 4.98 Å². The first-order valence-electron chi connectivity index (χ1n) is 4.43. The maximum Gasteiger partial charge on any atom is 0.232 e. The fourth-order valence-corrected chi connectivity index (χ4v) is 1.74. The minimum Gasteiger partial charge on any atom is -0.393 e. The number of nitrogens with zero attached hydrogens (tertiary/aromatic N) is 2. The molecule has 0 bridgehead atoms. The highest BCUT2D eigenvalue weighted by atomic mass is 32.1. The van der Waals surface area contributed by atoms with Gasteiger partial charge in [-0.05, 0) is 6.92 Å². The molecule has 0 spiro atoms. The lowest BCUT2D eigenvalue weighted by atomic mass is 10.1. The summed E-state index contributed by atoms with van der Waals surface area (Å²) in [5.74, 6) is -0.487. The zero-order valence-electron chi connectivity index (χ0n) is 8.64. The first-order valence-corrected chi connectivity index (χ1v) is 5.79. The Labute approximate surface area is 98.1 Å². The summed E-state index contributed by atoms with van der Waals surface area (Å²) >= 11 is 6.29. The SMILES string of the molecule is CC(C(=O)N(C)Cc1cscn1)C(N)=S. The van der Waals surface area contributed by atoms with Crippen LogP contribution >= 0.6 is 23.6 Å². The van der Waals surface area contributed by atoms with Crippen LogP contribution in [0, 0.1) is 5.92 Å². The second-order valence-corrected chi connectivity index (χ2v) is 4.49. The van der Waals surface area contributed by atoms with E-state index in [9.17, 15) is 4.79 Å². The normalized spacial score (nSPS) is 12.1. The zero-order chi connectivity index (χ0) is 11.4. The van der Waals surface area contributed by atoms with Crippen LogP contribution in [0.15, 0.2) is 10.9 Å². The third kappa shape index (κ3) is 3.24. The van der Waals surface area contributed by atoms with Crippen molar-refractivity contribution in [2.45, 2.75) is 13.5 Å². The van der Waals surface area contributed by atoms with Crippen LogP contribution in [0.3, 0.4) is 0 Å². The van der Waals surface area contributed by atoms with E-state index in [1.165, 1.54) is 11.3 Å². The molecule has 6 heteroatoms. The average molecular weight is 243 g/mol. The van der Waals surface area contributed by atoms with Gasteiger partial charge in [0.15, 0.2) is 0 Å². The summed E-state index contributed by atoms with van der Waals surface area (Å²) < 4.78 is 0. The Morgan fingerprint density at radius 2 is 2.47 bits per heavy atom. The van der Waals surface area contributed by atoms with Crippen LogP contribution in [0.1, 0.15) is 12.6 Å². The van der Waals surface area contributed by atoms with E-state index in [0.717, 1.165) is 5.69 Å². The van der Waals surface area contributed by atoms with Gasteiger partial charge in [-0.3, -0.25) is 4.79 Å². The molecule has 2 N–H and O–H groups in total. The second-order valence-electron chi connectivity index (χ2n) is 3.30. The van der Waals surface area contributed by atoms with Crippen molar-refractivity contribution in [2.75, 3.05) is 7.05 Å². The summed E-state index contributed by atoms with van der Waals surface area (Å²) in [4.78, 5) is 17.7. The summed E-state index contributed by atoms with van der Waals surface area (Å²) in [5, 5.41) is 1.91. The van der Waals surface area contributed by atoms with E-state index >= 15 is 0 Å². The lowest BCUT2D eigenvalue weighted by Gasteiger charge is -2.19. The summed E-state index contributed by atoms with van der Waals surface area (Å²) in [6.45, 7) is 2.21. The summed E-state index contributed by atoms with van der Waals surface area (Å²) in [6.07, 6.45) is 0. The highest BCUT2D eigenvalue weighted by Crippen LogP contribution is 2.07. The van der Waals surface area contributed by atoms with Gasteiger partial charge in [0.25, 0.3) is 0 Å². The molecule has 82 valence electrons. The largest absolute Gasteiger partial charge is 0.393 e. The van der Waals surface area contributed by atoms with Gasteiger partial charge >= 0.3 is 0 Å². The third-order valence-corrected chi connectivity index (χ3v) is 3.04. The van der Waals surface area contributed by atoms with Gasteiger partial charge in [0.05, 0.1) is 28.7 Å². The van der Waals surface area contributed by atoms with Crippen LogP contribution in [0.4, 0.5) is 0 Å². The number of rotatable bonds is 4. The van der Waals surface area contributed by atoms with Gasteiger partial charge in [0.2, 0.25) is 5.91 Å². The molecular formula is C9H13N3OS2. The molecule has 0 saturated heterocycles. The van der Waals surface area contributed by atoms with Crippen molar-refractivity contribution in [2.24, 2.45) is 11.7 Å². The predicted molar refractivity (Wildman–Crippen MR) is 64.5 cm³/mol. The number of carbonyl (C=O) groups excluding carboxylic acids is 1. The van der Waals surface area contributed by atoms with E-state index < -0.39 is 5.92 Å². The number of amides is 1. The summed E-state index contributed by atoms with van der Waals surface area (Å²) in [6, 6.07) is 0. The Morgan fingerprint density at radius 3 is 2.93 bits per heavy atom. The smallest absolute Gasteiger partial charge is 0.232 e. The Bertz CT molecular complexity index is 350. The van der Waals surface area contributed by atoms with Crippen molar-refractivity contribution in [3.05, 3.63) is 16.6 Å². The number of nitrogens with two attached hydrogens (primary N) is 1. The molecule has 0 aliphatic rings. The van der Waals surface area contributed by atoms with Crippen molar-refractivity contribution < 1.29 is 4.79 Å². The standard InChI is InChI=1S/C9H13N3OS2/c1-6(8(10)14)9(13)12(2)3-7-4-15-5-11-7/h4-6H,3H2,1-2H3,(H2,10,14). The highest BCUT2D eigenvalue weighted by molar-refractivity contribution is 7.80. The molecule has 0 aromatic carbocycles. The molecule has 0 radical (unpaired) electrons. The van der Waals surface area contributed by atoms with Gasteiger partial charge in [-0.25, -0.2) is 4.98 Å². The van der Waals surface area contributed by atoms with Gasteiger partial charge in [-0.1, -0.05) is 12.2 Å². The van der Waals surface area contributed by atoms with Crippen LogP contribution in [-0.2, 0) is 11.3 Å². The maximum atomic E-state index is 11.7. The number of thiocarbonyl (C=S) groups is 1. The molecule has 1 heterocycles. The van der Waals surface area contributed by atoms with E-state index in [1.807, 2.05) is 5.38 Å². The quantitative estimate of drug-likeness (QED) is 0.802. The number of hydrogen-bond donors (Lipinski definition) is 1. The molecule has 1 aromatic heterocycles. The van der Waals surface area contributed by atoms with Crippen LogP contribution in [0.25, 0.3) is 0 Å². The molecule has 15 heavy (non-hydrogen) atoms. The van der Waals surface area contributed by atoms with E-state index in [-0.39, 0.29) is 10.9 Å². The maximum absolute atomic E-state index is 11.7. The molecule has 4 nitrogen and oxygen atoms in total. The molecule has 1 rings (SSSR count). The highest BCUT2D eigenvalue weighted by Gasteiger charge is 2.19. The molecule has 1 aromatic rings. The van der Waals surface area contributed by atoms with Gasteiger partial charge in [0, 0.05) is 12.4 Å². The van der Waals surface area contributed by atoms with Crippen molar-refractivity contribution in [1.29, 1.82) is 0 Å². The summed E-state index contributed by atoms with van der Waals surface area (Å²) in [7, 11) is 1.72. The van der Waals surface area contributed by atoms with Crippen LogP contribution < -0.4 is 5.73 Å². The average Bonchev–Trinajstić information content (AvgIpc) is 2.67. The van der Waals surface area contributed by atoms with Crippen LogP contribution in [0.2, 0.25) is 0 Å². The van der Waals surface area contributed by atoms with E-state index in [1.54, 1.807) is 24.4 Å². The third-order valence-electron chi connectivity index (χ3n) is 2.06. The van der Waals surface area contributed by atoms with Crippen molar-refractivity contribution >= 4 is 34.5 Å². The van der Waals surface area contributed by atoms with Crippen molar-refractivity contribution in [3.8, 4) is 0 Å². The molecule has 0 aliphatic carbocycles. The minimum absolute atomic E-state index is 0.0736. The second kappa shape index (κ2) is 5.18. The van der Waals surface area contributed by atoms with Crippen molar-refractivity contribution in [1.82, 2.24) is 9.88 Å². The number of thiazole rings is 1. The molecule has 1 amide bonds. The molecular weight excluding hydrogens is 230 g/mol. The first-order chi connectivity index (χ1) is 7.02. The Balaban J connectivity index is 2.57. The molecule has 1 atom stereocenters. The molecule has 0 fully saturated rings. The number of carbonyl (C=O) groups is 1. The van der Waals surface area contributed by atoms with Crippen LogP contribution in [0.5, 0.6) is 0 Å². The molecule has 1 unspecified atom stereocenters.